The molecule has 0 unspecified atom stereocenters. The van der Waals surface area contributed by atoms with Gasteiger partial charge in [0.1, 0.15) is 11.2 Å². The van der Waals surface area contributed by atoms with Crippen LogP contribution in [0.2, 0.25) is 0 Å². The van der Waals surface area contributed by atoms with E-state index in [0.717, 1.165) is 0 Å². The van der Waals surface area contributed by atoms with Gasteiger partial charge in [-0.1, -0.05) is 0 Å². The first kappa shape index (κ1) is 24.2. The van der Waals surface area contributed by atoms with Crippen molar-refractivity contribution < 1.29 is 29.0 Å². The lowest BCUT2D eigenvalue weighted by Crippen LogP contribution is -2.62. The fourth-order valence-electron chi connectivity index (χ4n) is 3.97. The van der Waals surface area contributed by atoms with E-state index in [2.05, 4.69) is 4.90 Å². The number of piperazine rings is 1. The molecule has 3 atom stereocenters. The molecule has 2 heterocycles. The molecule has 30 heavy (non-hydrogen) atoms. The summed E-state index contributed by atoms with van der Waals surface area (Å²) in [5.41, 5.74) is -1.20. The highest BCUT2D eigenvalue weighted by molar-refractivity contribution is 5.73. The third-order valence-electron chi connectivity index (χ3n) is 5.23. The van der Waals surface area contributed by atoms with Gasteiger partial charge >= 0.3 is 18.2 Å². The highest BCUT2D eigenvalue weighted by atomic mass is 16.6. The number of carboxylic acids is 1. The molecule has 0 bridgehead atoms. The fraction of sp³-hybridized carbons (Fsp3) is 0.857. The molecule has 0 aromatic rings. The first-order valence-corrected chi connectivity index (χ1v) is 10.6. The van der Waals surface area contributed by atoms with E-state index < -0.39 is 29.2 Å². The van der Waals surface area contributed by atoms with Gasteiger partial charge in [0.05, 0.1) is 5.92 Å². The van der Waals surface area contributed by atoms with Gasteiger partial charge in [0.25, 0.3) is 0 Å². The van der Waals surface area contributed by atoms with Gasteiger partial charge in [-0.2, -0.15) is 0 Å². The van der Waals surface area contributed by atoms with Crippen LogP contribution in [-0.2, 0) is 14.3 Å². The van der Waals surface area contributed by atoms with Crippen LogP contribution in [0, 0.1) is 5.92 Å². The Kier molecular flexibility index (Phi) is 7.27. The number of ether oxygens (including phenoxy) is 2. The minimum atomic E-state index is -0.909. The van der Waals surface area contributed by atoms with Crippen molar-refractivity contribution in [3.05, 3.63) is 0 Å². The lowest BCUT2D eigenvalue weighted by molar-refractivity contribution is -0.144. The maximum absolute atomic E-state index is 12.6. The molecule has 2 amide bonds. The zero-order valence-electron chi connectivity index (χ0n) is 19.3. The molecule has 0 aromatic carbocycles. The molecule has 9 nitrogen and oxygen atoms in total. The zero-order valence-corrected chi connectivity index (χ0v) is 19.3. The van der Waals surface area contributed by atoms with E-state index in [1.165, 1.54) is 4.90 Å². The van der Waals surface area contributed by atoms with Crippen LogP contribution in [0.15, 0.2) is 0 Å². The highest BCUT2D eigenvalue weighted by Crippen LogP contribution is 2.26. The number of aliphatic carboxylic acids is 1. The van der Waals surface area contributed by atoms with Crippen LogP contribution in [0.3, 0.4) is 0 Å². The molecular weight excluding hydrogens is 390 g/mol. The van der Waals surface area contributed by atoms with Gasteiger partial charge in [-0.05, 0) is 54.9 Å². The summed E-state index contributed by atoms with van der Waals surface area (Å²) in [6.45, 7) is 15.0. The SMILES string of the molecule is C[C@H]1CN(C(=O)OC(C)(C)C)CCN1[C@H]1C[C@H](C(=O)O)CN(C(=O)OC(C)(C)C)C1. The molecule has 0 saturated carbocycles. The van der Waals surface area contributed by atoms with Gasteiger partial charge in [0, 0.05) is 44.8 Å². The molecule has 2 aliphatic rings. The molecule has 9 heteroatoms. The molecular formula is C21H37N3O6. The number of carboxylic acid groups (broad SMARTS) is 1. The smallest absolute Gasteiger partial charge is 0.410 e. The van der Waals surface area contributed by atoms with Crippen molar-refractivity contribution in [2.75, 3.05) is 32.7 Å². The number of hydrogen-bond donors (Lipinski definition) is 1. The van der Waals surface area contributed by atoms with E-state index in [9.17, 15) is 19.5 Å². The van der Waals surface area contributed by atoms with Crippen molar-refractivity contribution in [2.24, 2.45) is 5.92 Å². The number of carbonyl (C=O) groups excluding carboxylic acids is 2. The molecule has 2 rings (SSSR count). The Morgan fingerprint density at radius 1 is 0.833 bits per heavy atom. The number of carbonyl (C=O) groups is 3. The Morgan fingerprint density at radius 2 is 1.37 bits per heavy atom. The number of nitrogens with zero attached hydrogens (tertiary/aromatic N) is 3. The van der Waals surface area contributed by atoms with Crippen molar-refractivity contribution >= 4 is 18.2 Å². The van der Waals surface area contributed by atoms with Gasteiger partial charge in [0.15, 0.2) is 0 Å². The predicted molar refractivity (Wildman–Crippen MR) is 111 cm³/mol. The molecule has 0 radical (unpaired) electrons. The topological polar surface area (TPSA) is 99.6 Å². The van der Waals surface area contributed by atoms with Gasteiger partial charge < -0.3 is 24.4 Å². The zero-order chi connectivity index (χ0) is 22.9. The Hall–Kier alpha value is -2.03. The van der Waals surface area contributed by atoms with Gasteiger partial charge in [-0.25, -0.2) is 9.59 Å². The van der Waals surface area contributed by atoms with Crippen LogP contribution in [0.5, 0.6) is 0 Å². The number of rotatable bonds is 2. The van der Waals surface area contributed by atoms with Gasteiger partial charge in [-0.3, -0.25) is 9.69 Å². The lowest BCUT2D eigenvalue weighted by Gasteiger charge is -2.47. The van der Waals surface area contributed by atoms with E-state index >= 15 is 0 Å². The van der Waals surface area contributed by atoms with Gasteiger partial charge in [0.2, 0.25) is 0 Å². The minimum Gasteiger partial charge on any atom is -0.481 e. The van der Waals surface area contributed by atoms with Gasteiger partial charge in [-0.15, -0.1) is 0 Å². The summed E-state index contributed by atoms with van der Waals surface area (Å²) in [4.78, 5) is 42.1. The number of hydrogen-bond acceptors (Lipinski definition) is 6. The van der Waals surface area contributed by atoms with Crippen molar-refractivity contribution in [1.82, 2.24) is 14.7 Å². The Balaban J connectivity index is 2.07. The minimum absolute atomic E-state index is 0.0179. The maximum atomic E-state index is 12.6. The predicted octanol–water partition coefficient (Wildman–Crippen LogP) is 2.64. The molecule has 1 N–H and O–H groups in total. The van der Waals surface area contributed by atoms with Crippen molar-refractivity contribution in [2.45, 2.75) is 78.2 Å². The van der Waals surface area contributed by atoms with E-state index in [1.807, 2.05) is 27.7 Å². The van der Waals surface area contributed by atoms with Crippen molar-refractivity contribution in [3.8, 4) is 0 Å². The molecule has 2 aliphatic heterocycles. The number of likely N-dealkylation sites (tertiary alicyclic amines) is 1. The molecule has 0 aliphatic carbocycles. The standard InChI is InChI=1S/C21H37N3O6/c1-14-11-22(18(27)29-20(2,3)4)8-9-24(14)16-10-15(17(25)26)12-23(13-16)19(28)30-21(5,6)7/h14-16H,8-13H2,1-7H3,(H,25,26)/t14-,15-,16-/m0/s1. The summed E-state index contributed by atoms with van der Waals surface area (Å²) in [6.07, 6.45) is -0.360. The first-order valence-electron chi connectivity index (χ1n) is 10.6. The number of piperidine rings is 1. The molecule has 172 valence electrons. The van der Waals surface area contributed by atoms with E-state index in [0.29, 0.717) is 32.6 Å². The van der Waals surface area contributed by atoms with Crippen LogP contribution in [0.4, 0.5) is 9.59 Å². The Bertz CT molecular complexity index is 654. The van der Waals surface area contributed by atoms with Crippen LogP contribution in [-0.4, -0.2) is 94.0 Å². The molecule has 2 saturated heterocycles. The second-order valence-electron chi connectivity index (χ2n) is 10.3. The highest BCUT2D eigenvalue weighted by Gasteiger charge is 2.41. The quantitative estimate of drug-likeness (QED) is 0.723. The molecule has 2 fully saturated rings. The van der Waals surface area contributed by atoms with E-state index in [4.69, 9.17) is 9.47 Å². The second-order valence-corrected chi connectivity index (χ2v) is 10.3. The summed E-state index contributed by atoms with van der Waals surface area (Å²) in [5.74, 6) is -1.55. The third kappa shape index (κ3) is 6.75. The number of amides is 2. The Labute approximate surface area is 179 Å². The van der Waals surface area contributed by atoms with Crippen LogP contribution in [0.1, 0.15) is 54.9 Å². The summed E-state index contributed by atoms with van der Waals surface area (Å²) < 4.78 is 10.9. The average Bonchev–Trinajstić information content (AvgIpc) is 2.58. The van der Waals surface area contributed by atoms with Crippen LogP contribution in [0.25, 0.3) is 0 Å². The molecule has 0 aromatic heterocycles. The van der Waals surface area contributed by atoms with E-state index in [-0.39, 0.29) is 24.7 Å². The van der Waals surface area contributed by atoms with Crippen molar-refractivity contribution in [1.29, 1.82) is 0 Å². The third-order valence-corrected chi connectivity index (χ3v) is 5.23. The largest absolute Gasteiger partial charge is 0.481 e. The fourth-order valence-corrected chi connectivity index (χ4v) is 3.97. The molecule has 0 spiro atoms. The lowest BCUT2D eigenvalue weighted by atomic mass is 9.92. The summed E-state index contributed by atoms with van der Waals surface area (Å²) in [5, 5.41) is 9.61. The van der Waals surface area contributed by atoms with Crippen molar-refractivity contribution in [3.63, 3.8) is 0 Å². The summed E-state index contributed by atoms with van der Waals surface area (Å²) in [7, 11) is 0. The Morgan fingerprint density at radius 3 is 1.83 bits per heavy atom. The normalized spacial score (nSPS) is 26.3. The van der Waals surface area contributed by atoms with Crippen LogP contribution >= 0.6 is 0 Å². The monoisotopic (exact) mass is 427 g/mol. The summed E-state index contributed by atoms with van der Waals surface area (Å²) in [6, 6.07) is -0.0903. The second kappa shape index (κ2) is 8.99. The van der Waals surface area contributed by atoms with E-state index in [1.54, 1.807) is 25.7 Å². The first-order chi connectivity index (χ1) is 13.7. The maximum Gasteiger partial charge on any atom is 0.410 e. The average molecular weight is 428 g/mol. The van der Waals surface area contributed by atoms with Crippen LogP contribution < -0.4 is 0 Å². The summed E-state index contributed by atoms with van der Waals surface area (Å²) >= 11 is 0.